The lowest BCUT2D eigenvalue weighted by molar-refractivity contribution is -0.121. The molecule has 0 heterocycles. The fourth-order valence-corrected chi connectivity index (χ4v) is 2.90. The molecule has 1 amide bonds. The van der Waals surface area contributed by atoms with Gasteiger partial charge in [0.2, 0.25) is 5.91 Å². The van der Waals surface area contributed by atoms with Crippen molar-refractivity contribution >= 4 is 5.91 Å². The van der Waals surface area contributed by atoms with Crippen molar-refractivity contribution in [2.45, 2.75) is 58.5 Å². The van der Waals surface area contributed by atoms with E-state index < -0.39 is 0 Å². The molecule has 0 saturated heterocycles. The van der Waals surface area contributed by atoms with Crippen LogP contribution in [-0.4, -0.2) is 36.0 Å². The van der Waals surface area contributed by atoms with Crippen LogP contribution in [0.5, 0.6) is 0 Å². The zero-order valence-electron chi connectivity index (χ0n) is 11.4. The van der Waals surface area contributed by atoms with Crippen LogP contribution in [0.25, 0.3) is 0 Å². The van der Waals surface area contributed by atoms with E-state index in [4.69, 9.17) is 11.5 Å². The zero-order chi connectivity index (χ0) is 13.1. The average molecular weight is 241 g/mol. The molecule has 1 aliphatic rings. The number of primary amides is 1. The average Bonchev–Trinajstić information content (AvgIpc) is 2.66. The highest BCUT2D eigenvalue weighted by Gasteiger charge is 2.35. The van der Waals surface area contributed by atoms with E-state index in [1.165, 1.54) is 25.7 Å². The first kappa shape index (κ1) is 14.5. The number of rotatable bonds is 5. The van der Waals surface area contributed by atoms with E-state index in [9.17, 15) is 4.79 Å². The van der Waals surface area contributed by atoms with Crippen molar-refractivity contribution in [1.29, 1.82) is 0 Å². The molecule has 4 nitrogen and oxygen atoms in total. The lowest BCUT2D eigenvalue weighted by atomic mass is 9.84. The monoisotopic (exact) mass is 241 g/mol. The molecule has 1 saturated carbocycles. The SMILES string of the molecule is CC(C)(C)C(CN)N(CC(N)=O)C1CCCC1. The number of hydrogen-bond donors (Lipinski definition) is 2. The maximum Gasteiger partial charge on any atom is 0.231 e. The Hall–Kier alpha value is -0.610. The summed E-state index contributed by atoms with van der Waals surface area (Å²) in [5, 5.41) is 0. The van der Waals surface area contributed by atoms with Crippen LogP contribution in [0.15, 0.2) is 0 Å². The number of carbonyl (C=O) groups is 1. The molecule has 1 rings (SSSR count). The Morgan fingerprint density at radius 1 is 1.35 bits per heavy atom. The molecule has 0 aromatic carbocycles. The third-order valence-electron chi connectivity index (χ3n) is 3.76. The Kier molecular flexibility index (Phi) is 4.95. The molecule has 4 N–H and O–H groups in total. The Balaban J connectivity index is 2.82. The van der Waals surface area contributed by atoms with Crippen LogP contribution in [0, 0.1) is 5.41 Å². The van der Waals surface area contributed by atoms with Gasteiger partial charge < -0.3 is 11.5 Å². The van der Waals surface area contributed by atoms with Gasteiger partial charge in [0.15, 0.2) is 0 Å². The highest BCUT2D eigenvalue weighted by atomic mass is 16.1. The van der Waals surface area contributed by atoms with Crippen LogP contribution in [0.2, 0.25) is 0 Å². The zero-order valence-corrected chi connectivity index (χ0v) is 11.4. The predicted octanol–water partition coefficient (Wildman–Crippen LogP) is 1.09. The van der Waals surface area contributed by atoms with Crippen LogP contribution < -0.4 is 11.5 Å². The van der Waals surface area contributed by atoms with Gasteiger partial charge in [-0.05, 0) is 18.3 Å². The molecule has 4 heteroatoms. The second-order valence-electron chi connectivity index (χ2n) is 6.19. The van der Waals surface area contributed by atoms with Crippen molar-refractivity contribution in [1.82, 2.24) is 4.90 Å². The van der Waals surface area contributed by atoms with Crippen LogP contribution in [0.3, 0.4) is 0 Å². The summed E-state index contributed by atoms with van der Waals surface area (Å²) in [5.41, 5.74) is 11.4. The summed E-state index contributed by atoms with van der Waals surface area (Å²) >= 11 is 0. The summed E-state index contributed by atoms with van der Waals surface area (Å²) < 4.78 is 0. The van der Waals surface area contributed by atoms with E-state index in [0.717, 1.165) is 0 Å². The van der Waals surface area contributed by atoms with E-state index in [1.54, 1.807) is 0 Å². The van der Waals surface area contributed by atoms with Crippen molar-refractivity contribution in [3.63, 3.8) is 0 Å². The maximum atomic E-state index is 11.3. The third-order valence-corrected chi connectivity index (χ3v) is 3.76. The molecular formula is C13H27N3O. The van der Waals surface area contributed by atoms with E-state index in [1.807, 2.05) is 0 Å². The first-order chi connectivity index (χ1) is 7.86. The van der Waals surface area contributed by atoms with Gasteiger partial charge in [-0.1, -0.05) is 33.6 Å². The topological polar surface area (TPSA) is 72.3 Å². The molecule has 0 aromatic rings. The van der Waals surface area contributed by atoms with Gasteiger partial charge in [-0.25, -0.2) is 0 Å². The Bertz CT molecular complexity index is 254. The normalized spacial score (nSPS) is 19.8. The minimum absolute atomic E-state index is 0.0762. The van der Waals surface area contributed by atoms with Crippen LogP contribution in [-0.2, 0) is 4.79 Å². The Labute approximate surface area is 105 Å². The third kappa shape index (κ3) is 3.96. The summed E-state index contributed by atoms with van der Waals surface area (Å²) in [6, 6.07) is 0.702. The predicted molar refractivity (Wildman–Crippen MR) is 70.5 cm³/mol. The lowest BCUT2D eigenvalue weighted by Crippen LogP contribution is -2.54. The fraction of sp³-hybridized carbons (Fsp3) is 0.923. The first-order valence-corrected chi connectivity index (χ1v) is 6.60. The number of nitrogens with two attached hydrogens (primary N) is 2. The Morgan fingerprint density at radius 3 is 2.24 bits per heavy atom. The minimum Gasteiger partial charge on any atom is -0.369 e. The van der Waals surface area contributed by atoms with Crippen molar-refractivity contribution in [3.05, 3.63) is 0 Å². The molecule has 1 aliphatic carbocycles. The van der Waals surface area contributed by atoms with Gasteiger partial charge in [0.05, 0.1) is 6.54 Å². The summed E-state index contributed by atoms with van der Waals surface area (Å²) in [6.07, 6.45) is 4.84. The molecule has 100 valence electrons. The van der Waals surface area contributed by atoms with Crippen LogP contribution >= 0.6 is 0 Å². The highest BCUT2D eigenvalue weighted by Crippen LogP contribution is 2.31. The number of nitrogens with zero attached hydrogens (tertiary/aromatic N) is 1. The molecule has 0 aromatic heterocycles. The molecule has 17 heavy (non-hydrogen) atoms. The second kappa shape index (κ2) is 5.83. The van der Waals surface area contributed by atoms with Gasteiger partial charge in [0.1, 0.15) is 0 Å². The summed E-state index contributed by atoms with van der Waals surface area (Å²) in [5.74, 6) is -0.250. The fourth-order valence-electron chi connectivity index (χ4n) is 2.90. The molecule has 1 atom stereocenters. The van der Waals surface area contributed by atoms with E-state index >= 15 is 0 Å². The molecular weight excluding hydrogens is 214 g/mol. The van der Waals surface area contributed by atoms with Gasteiger partial charge >= 0.3 is 0 Å². The van der Waals surface area contributed by atoms with Gasteiger partial charge in [-0.15, -0.1) is 0 Å². The van der Waals surface area contributed by atoms with E-state index in [-0.39, 0.29) is 17.4 Å². The second-order valence-corrected chi connectivity index (χ2v) is 6.19. The van der Waals surface area contributed by atoms with Gasteiger partial charge in [0, 0.05) is 18.6 Å². The summed E-state index contributed by atoms with van der Waals surface area (Å²) in [7, 11) is 0. The first-order valence-electron chi connectivity index (χ1n) is 6.60. The number of carbonyl (C=O) groups excluding carboxylic acids is 1. The molecule has 1 unspecified atom stereocenters. The van der Waals surface area contributed by atoms with Crippen molar-refractivity contribution in [2.24, 2.45) is 16.9 Å². The smallest absolute Gasteiger partial charge is 0.231 e. The minimum atomic E-state index is -0.250. The molecule has 0 bridgehead atoms. The van der Waals surface area contributed by atoms with Crippen LogP contribution in [0.4, 0.5) is 0 Å². The van der Waals surface area contributed by atoms with Gasteiger partial charge in [-0.3, -0.25) is 9.69 Å². The van der Waals surface area contributed by atoms with E-state index in [0.29, 0.717) is 19.1 Å². The number of hydrogen-bond acceptors (Lipinski definition) is 3. The van der Waals surface area contributed by atoms with Gasteiger partial charge in [-0.2, -0.15) is 0 Å². The summed E-state index contributed by atoms with van der Waals surface area (Å²) in [4.78, 5) is 13.5. The maximum absolute atomic E-state index is 11.3. The largest absolute Gasteiger partial charge is 0.369 e. The van der Waals surface area contributed by atoms with Crippen molar-refractivity contribution < 1.29 is 4.79 Å². The number of amides is 1. The molecule has 0 radical (unpaired) electrons. The lowest BCUT2D eigenvalue weighted by Gasteiger charge is -2.42. The van der Waals surface area contributed by atoms with Crippen molar-refractivity contribution in [2.75, 3.05) is 13.1 Å². The van der Waals surface area contributed by atoms with E-state index in [2.05, 4.69) is 25.7 Å². The Morgan fingerprint density at radius 2 is 1.88 bits per heavy atom. The standard InChI is InChI=1S/C13H27N3O/c1-13(2,3)11(8-14)16(9-12(15)17)10-6-4-5-7-10/h10-11H,4-9,14H2,1-3H3,(H2,15,17). The van der Waals surface area contributed by atoms with Crippen LogP contribution in [0.1, 0.15) is 46.5 Å². The molecule has 0 spiro atoms. The summed E-state index contributed by atoms with van der Waals surface area (Å²) in [6.45, 7) is 7.44. The quantitative estimate of drug-likeness (QED) is 0.757. The van der Waals surface area contributed by atoms with Crippen molar-refractivity contribution in [3.8, 4) is 0 Å². The molecule has 0 aliphatic heterocycles. The highest BCUT2D eigenvalue weighted by molar-refractivity contribution is 5.76. The molecule has 1 fully saturated rings. The van der Waals surface area contributed by atoms with Gasteiger partial charge in [0.25, 0.3) is 0 Å².